The Balaban J connectivity index is 4.08. The molecule has 0 amide bonds. The third kappa shape index (κ3) is 19.6. The Hall–Kier alpha value is -1.52. The van der Waals surface area contributed by atoms with Crippen molar-refractivity contribution in [2.75, 3.05) is 0 Å². The van der Waals surface area contributed by atoms with E-state index in [4.69, 9.17) is 9.84 Å². The monoisotopic (exact) mass is 412 g/mol. The Bertz CT molecular complexity index is 445. The average Bonchev–Trinajstić information content (AvgIpc) is 2.65. The number of carboxylic acids is 1. The van der Waals surface area contributed by atoms with Crippen molar-refractivity contribution < 1.29 is 24.5 Å². The fourth-order valence-corrected chi connectivity index (χ4v) is 3.40. The summed E-state index contributed by atoms with van der Waals surface area (Å²) in [6, 6.07) is 0. The molecule has 0 bridgehead atoms. The lowest BCUT2D eigenvalue weighted by molar-refractivity contribution is -0.148. The fourth-order valence-electron chi connectivity index (χ4n) is 3.40. The van der Waals surface area contributed by atoms with Crippen LogP contribution >= 0.6 is 0 Å². The van der Waals surface area contributed by atoms with Gasteiger partial charge in [0.15, 0.2) is 0 Å². The number of aliphatic hydroxyl groups is 1. The van der Waals surface area contributed by atoms with Gasteiger partial charge in [0.1, 0.15) is 6.10 Å². The molecule has 0 saturated carbocycles. The predicted octanol–water partition coefficient (Wildman–Crippen LogP) is 7.10. The number of aliphatic hydroxyl groups excluding tert-OH is 1. The first-order valence-electron chi connectivity index (χ1n) is 11.8. The van der Waals surface area contributed by atoms with E-state index < -0.39 is 18.0 Å². The van der Waals surface area contributed by atoms with Gasteiger partial charge in [0.2, 0.25) is 0 Å². The van der Waals surface area contributed by atoms with Crippen molar-refractivity contribution in [2.24, 2.45) is 0 Å². The number of unbranched alkanes of at least 4 members (excludes halogenated alkanes) is 12. The first-order chi connectivity index (χ1) is 14.0. The number of carbonyl (C=O) groups excluding carboxylic acids is 1. The van der Waals surface area contributed by atoms with Crippen LogP contribution in [0, 0.1) is 0 Å². The molecular formula is C24H44O5. The molecule has 0 fully saturated rings. The van der Waals surface area contributed by atoms with Gasteiger partial charge in [-0.3, -0.25) is 4.79 Å². The number of carbonyl (C=O) groups is 2. The second-order valence-corrected chi connectivity index (χ2v) is 8.07. The van der Waals surface area contributed by atoms with Crippen LogP contribution in [0.1, 0.15) is 123 Å². The summed E-state index contributed by atoms with van der Waals surface area (Å²) < 4.78 is 5.29. The molecule has 0 aromatic carbocycles. The van der Waals surface area contributed by atoms with Crippen LogP contribution in [0.3, 0.4) is 0 Å². The van der Waals surface area contributed by atoms with Gasteiger partial charge in [-0.25, -0.2) is 4.79 Å². The molecule has 5 nitrogen and oxygen atoms in total. The lowest BCUT2D eigenvalue weighted by Gasteiger charge is -2.15. The molecule has 0 heterocycles. The van der Waals surface area contributed by atoms with Crippen LogP contribution in [0.15, 0.2) is 11.8 Å². The smallest absolute Gasteiger partial charge is 0.334 e. The van der Waals surface area contributed by atoms with Crippen LogP contribution in [-0.4, -0.2) is 28.3 Å². The summed E-state index contributed by atoms with van der Waals surface area (Å²) in [5.41, 5.74) is 0. The van der Waals surface area contributed by atoms with Crippen molar-refractivity contribution in [3.05, 3.63) is 11.8 Å². The largest absolute Gasteiger partial charge is 0.512 e. The minimum atomic E-state index is -0.970. The van der Waals surface area contributed by atoms with Crippen molar-refractivity contribution in [3.8, 4) is 0 Å². The maximum absolute atomic E-state index is 12.0. The summed E-state index contributed by atoms with van der Waals surface area (Å²) >= 11 is 0. The molecule has 0 saturated heterocycles. The van der Waals surface area contributed by atoms with Gasteiger partial charge < -0.3 is 14.9 Å². The number of hydrogen-bond donors (Lipinski definition) is 2. The third-order valence-corrected chi connectivity index (χ3v) is 5.14. The summed E-state index contributed by atoms with van der Waals surface area (Å²) in [5, 5.41) is 18.9. The van der Waals surface area contributed by atoms with Crippen molar-refractivity contribution in [1.29, 1.82) is 0 Å². The Kier molecular flexibility index (Phi) is 18.7. The van der Waals surface area contributed by atoms with Crippen molar-refractivity contribution >= 4 is 11.9 Å². The standard InChI is InChI=1S/C24H44O5/c1-3-5-7-9-10-11-12-14-16-18-22(20-23(26)27)29-24(28)19-21(25)17-15-13-8-6-4-2/h19,22,25H,3-18,20H2,1-2H3,(H,26,27). The molecular weight excluding hydrogens is 368 g/mol. The van der Waals surface area contributed by atoms with E-state index in [1.807, 2.05) is 0 Å². The maximum atomic E-state index is 12.0. The molecule has 0 aliphatic carbocycles. The molecule has 170 valence electrons. The number of carboxylic acid groups (broad SMARTS) is 1. The molecule has 2 N–H and O–H groups in total. The molecule has 0 aromatic heterocycles. The number of rotatable bonds is 20. The highest BCUT2D eigenvalue weighted by atomic mass is 16.5. The van der Waals surface area contributed by atoms with Gasteiger partial charge >= 0.3 is 11.9 Å². The molecule has 0 radical (unpaired) electrons. The minimum absolute atomic E-state index is 0.0173. The molecule has 5 heteroatoms. The SMILES string of the molecule is CCCCCCCCCCCC(CC(=O)O)OC(=O)C=C(O)CCCCCCC. The average molecular weight is 413 g/mol. The Morgan fingerprint density at radius 2 is 1.24 bits per heavy atom. The van der Waals surface area contributed by atoms with E-state index >= 15 is 0 Å². The van der Waals surface area contributed by atoms with Crippen LogP contribution in [-0.2, 0) is 14.3 Å². The number of ether oxygens (including phenoxy) is 1. The zero-order chi connectivity index (χ0) is 21.7. The van der Waals surface area contributed by atoms with E-state index in [-0.39, 0.29) is 12.2 Å². The lowest BCUT2D eigenvalue weighted by atomic mass is 10.0. The first kappa shape index (κ1) is 27.5. The van der Waals surface area contributed by atoms with E-state index in [9.17, 15) is 14.7 Å². The van der Waals surface area contributed by atoms with Gasteiger partial charge in [0.25, 0.3) is 0 Å². The van der Waals surface area contributed by atoms with Crippen molar-refractivity contribution in [1.82, 2.24) is 0 Å². The third-order valence-electron chi connectivity index (χ3n) is 5.14. The zero-order valence-electron chi connectivity index (χ0n) is 18.8. The molecule has 29 heavy (non-hydrogen) atoms. The van der Waals surface area contributed by atoms with E-state index in [0.717, 1.165) is 51.0 Å². The van der Waals surface area contributed by atoms with Gasteiger partial charge in [-0.05, 0) is 19.3 Å². The number of aliphatic carboxylic acids is 1. The quantitative estimate of drug-likeness (QED) is 0.0964. The molecule has 0 spiro atoms. The summed E-state index contributed by atoms with van der Waals surface area (Å²) in [6.45, 7) is 4.36. The van der Waals surface area contributed by atoms with Gasteiger partial charge in [-0.1, -0.05) is 90.9 Å². The van der Waals surface area contributed by atoms with E-state index in [2.05, 4.69) is 13.8 Å². The highest BCUT2D eigenvalue weighted by Gasteiger charge is 2.17. The topological polar surface area (TPSA) is 83.8 Å². The van der Waals surface area contributed by atoms with Gasteiger partial charge in [-0.2, -0.15) is 0 Å². The van der Waals surface area contributed by atoms with Crippen molar-refractivity contribution in [2.45, 2.75) is 129 Å². The highest BCUT2D eigenvalue weighted by Crippen LogP contribution is 2.15. The van der Waals surface area contributed by atoms with Gasteiger partial charge in [0, 0.05) is 6.42 Å². The van der Waals surface area contributed by atoms with E-state index in [1.54, 1.807) is 0 Å². The van der Waals surface area contributed by atoms with Crippen LogP contribution in [0.25, 0.3) is 0 Å². The zero-order valence-corrected chi connectivity index (χ0v) is 18.8. The molecule has 1 unspecified atom stereocenters. The van der Waals surface area contributed by atoms with Crippen molar-refractivity contribution in [3.63, 3.8) is 0 Å². The van der Waals surface area contributed by atoms with Crippen LogP contribution < -0.4 is 0 Å². The maximum Gasteiger partial charge on any atom is 0.334 e. The Morgan fingerprint density at radius 1 is 0.759 bits per heavy atom. The molecule has 0 rings (SSSR count). The van der Waals surface area contributed by atoms with Crippen LogP contribution in [0.2, 0.25) is 0 Å². The van der Waals surface area contributed by atoms with Crippen LogP contribution in [0.5, 0.6) is 0 Å². The minimum Gasteiger partial charge on any atom is -0.512 e. The van der Waals surface area contributed by atoms with Crippen LogP contribution in [0.4, 0.5) is 0 Å². The fraction of sp³-hybridized carbons (Fsp3) is 0.833. The highest BCUT2D eigenvalue weighted by molar-refractivity contribution is 5.82. The Labute approximate surface area is 177 Å². The molecule has 0 aromatic rings. The van der Waals surface area contributed by atoms with E-state index in [1.165, 1.54) is 44.9 Å². The number of esters is 1. The number of hydrogen-bond acceptors (Lipinski definition) is 4. The number of allylic oxidation sites excluding steroid dienone is 1. The normalized spacial score (nSPS) is 12.7. The lowest BCUT2D eigenvalue weighted by Crippen LogP contribution is -2.21. The Morgan fingerprint density at radius 3 is 1.76 bits per heavy atom. The first-order valence-corrected chi connectivity index (χ1v) is 11.8. The second kappa shape index (κ2) is 19.8. The van der Waals surface area contributed by atoms with Gasteiger partial charge in [-0.15, -0.1) is 0 Å². The summed E-state index contributed by atoms with van der Waals surface area (Å²) in [6.07, 6.45) is 17.3. The predicted molar refractivity (Wildman–Crippen MR) is 118 cm³/mol. The van der Waals surface area contributed by atoms with Gasteiger partial charge in [0.05, 0.1) is 18.3 Å². The second-order valence-electron chi connectivity index (χ2n) is 8.07. The van der Waals surface area contributed by atoms with E-state index in [0.29, 0.717) is 12.8 Å². The summed E-state index contributed by atoms with van der Waals surface area (Å²) in [7, 11) is 0. The summed E-state index contributed by atoms with van der Waals surface area (Å²) in [5.74, 6) is -1.59. The molecule has 0 aliphatic rings. The molecule has 1 atom stereocenters. The molecule has 0 aliphatic heterocycles. The summed E-state index contributed by atoms with van der Waals surface area (Å²) in [4.78, 5) is 23.0.